The zero-order valence-corrected chi connectivity index (χ0v) is 6.88. The van der Waals surface area contributed by atoms with Crippen molar-refractivity contribution in [3.63, 3.8) is 0 Å². The zero-order chi connectivity index (χ0) is 8.97. The summed E-state index contributed by atoms with van der Waals surface area (Å²) < 4.78 is 5.04. The van der Waals surface area contributed by atoms with E-state index in [1.165, 1.54) is 0 Å². The van der Waals surface area contributed by atoms with Crippen molar-refractivity contribution in [3.8, 4) is 0 Å². The minimum absolute atomic E-state index is 0.126. The lowest BCUT2D eigenvalue weighted by molar-refractivity contribution is -0.137. The molecule has 1 aliphatic rings. The molecule has 3 heteroatoms. The third kappa shape index (κ3) is 1.87. The van der Waals surface area contributed by atoms with Gasteiger partial charge in [-0.25, -0.2) is 4.79 Å². The second kappa shape index (κ2) is 3.95. The molecule has 0 atom stereocenters. The van der Waals surface area contributed by atoms with E-state index < -0.39 is 5.97 Å². The van der Waals surface area contributed by atoms with Crippen molar-refractivity contribution in [1.29, 1.82) is 0 Å². The Hall–Kier alpha value is -1.25. The van der Waals surface area contributed by atoms with Crippen molar-refractivity contribution in [2.75, 3.05) is 6.61 Å². The Kier molecular flexibility index (Phi) is 2.91. The van der Waals surface area contributed by atoms with E-state index in [1.807, 2.05) is 0 Å². The molecular weight excluding hydrogens is 156 g/mol. The van der Waals surface area contributed by atoms with E-state index in [-0.39, 0.29) is 5.76 Å². The van der Waals surface area contributed by atoms with E-state index in [9.17, 15) is 4.79 Å². The van der Waals surface area contributed by atoms with Gasteiger partial charge < -0.3 is 9.84 Å². The van der Waals surface area contributed by atoms with Gasteiger partial charge in [0, 0.05) is 0 Å². The van der Waals surface area contributed by atoms with Crippen molar-refractivity contribution in [2.24, 2.45) is 0 Å². The molecule has 0 aromatic carbocycles. The molecule has 1 N–H and O–H groups in total. The first kappa shape index (κ1) is 8.84. The number of aliphatic carboxylic acids is 1. The van der Waals surface area contributed by atoms with E-state index >= 15 is 0 Å². The van der Waals surface area contributed by atoms with E-state index in [1.54, 1.807) is 6.08 Å². The Morgan fingerprint density at radius 1 is 1.75 bits per heavy atom. The number of carboxylic acid groups (broad SMARTS) is 1. The Morgan fingerprint density at radius 2 is 2.50 bits per heavy atom. The van der Waals surface area contributed by atoms with Crippen molar-refractivity contribution in [1.82, 2.24) is 0 Å². The lowest BCUT2D eigenvalue weighted by Crippen LogP contribution is -2.14. The topological polar surface area (TPSA) is 46.5 Å². The van der Waals surface area contributed by atoms with Gasteiger partial charge in [0.05, 0.1) is 6.61 Å². The second-order valence-electron chi connectivity index (χ2n) is 2.68. The molecule has 0 saturated heterocycles. The van der Waals surface area contributed by atoms with Gasteiger partial charge >= 0.3 is 5.97 Å². The first-order chi connectivity index (χ1) is 5.75. The van der Waals surface area contributed by atoms with Crippen LogP contribution in [-0.4, -0.2) is 17.7 Å². The molecule has 1 heterocycles. The summed E-state index contributed by atoms with van der Waals surface area (Å²) in [5, 5.41) is 8.72. The maximum atomic E-state index is 10.6. The van der Waals surface area contributed by atoms with Crippen LogP contribution in [0.25, 0.3) is 0 Å². The molecule has 0 amide bonds. The molecule has 0 saturated carbocycles. The largest absolute Gasteiger partial charge is 0.487 e. The fourth-order valence-corrected chi connectivity index (χ4v) is 1.26. The first-order valence-corrected chi connectivity index (χ1v) is 3.94. The number of allylic oxidation sites excluding steroid dienone is 2. The number of carboxylic acids is 1. The fraction of sp³-hybridized carbons (Fsp3) is 0.444. The highest BCUT2D eigenvalue weighted by molar-refractivity contribution is 5.85. The lowest BCUT2D eigenvalue weighted by atomic mass is 10.0. The van der Waals surface area contributed by atoms with Gasteiger partial charge in [0.2, 0.25) is 5.76 Å². The van der Waals surface area contributed by atoms with Crippen molar-refractivity contribution in [2.45, 2.75) is 19.3 Å². The van der Waals surface area contributed by atoms with Gasteiger partial charge in [-0.1, -0.05) is 6.08 Å². The zero-order valence-electron chi connectivity index (χ0n) is 6.88. The summed E-state index contributed by atoms with van der Waals surface area (Å²) in [6.45, 7) is 4.08. The molecule has 1 aliphatic heterocycles. The third-order valence-corrected chi connectivity index (χ3v) is 1.78. The van der Waals surface area contributed by atoms with Gasteiger partial charge in [-0.3, -0.25) is 0 Å². The molecule has 0 spiro atoms. The van der Waals surface area contributed by atoms with E-state index in [0.29, 0.717) is 13.0 Å². The van der Waals surface area contributed by atoms with Crippen LogP contribution in [0.5, 0.6) is 0 Å². The summed E-state index contributed by atoms with van der Waals surface area (Å²) in [6, 6.07) is 0. The van der Waals surface area contributed by atoms with Crippen molar-refractivity contribution >= 4 is 5.97 Å². The molecule has 0 aromatic heterocycles. The molecular formula is C9H12O3. The fourth-order valence-electron chi connectivity index (χ4n) is 1.26. The third-order valence-electron chi connectivity index (χ3n) is 1.78. The average molecular weight is 168 g/mol. The van der Waals surface area contributed by atoms with Gasteiger partial charge in [-0.15, -0.1) is 6.58 Å². The highest BCUT2D eigenvalue weighted by Crippen LogP contribution is 2.22. The van der Waals surface area contributed by atoms with Crippen molar-refractivity contribution in [3.05, 3.63) is 24.0 Å². The molecule has 3 nitrogen and oxygen atoms in total. The average Bonchev–Trinajstić information content (AvgIpc) is 2.05. The summed E-state index contributed by atoms with van der Waals surface area (Å²) in [7, 11) is 0. The molecule has 66 valence electrons. The minimum atomic E-state index is -0.966. The quantitative estimate of drug-likeness (QED) is 0.652. The lowest BCUT2D eigenvalue weighted by Gasteiger charge is -2.17. The Labute approximate surface area is 71.3 Å². The predicted molar refractivity (Wildman–Crippen MR) is 44.7 cm³/mol. The van der Waals surface area contributed by atoms with Crippen LogP contribution >= 0.6 is 0 Å². The normalized spacial score (nSPS) is 17.0. The predicted octanol–water partition coefficient (Wildman–Crippen LogP) is 1.71. The van der Waals surface area contributed by atoms with Crippen LogP contribution < -0.4 is 0 Å². The van der Waals surface area contributed by atoms with Gasteiger partial charge in [-0.2, -0.15) is 0 Å². The van der Waals surface area contributed by atoms with E-state index in [0.717, 1.165) is 18.4 Å². The highest BCUT2D eigenvalue weighted by atomic mass is 16.5. The van der Waals surface area contributed by atoms with Crippen LogP contribution in [0, 0.1) is 0 Å². The van der Waals surface area contributed by atoms with Crippen molar-refractivity contribution < 1.29 is 14.6 Å². The molecule has 0 fully saturated rings. The van der Waals surface area contributed by atoms with Crippen LogP contribution in [0.2, 0.25) is 0 Å². The molecule has 0 aliphatic carbocycles. The monoisotopic (exact) mass is 168 g/mol. The molecule has 0 radical (unpaired) electrons. The highest BCUT2D eigenvalue weighted by Gasteiger charge is 2.18. The smallest absolute Gasteiger partial charge is 0.371 e. The summed E-state index contributed by atoms with van der Waals surface area (Å²) in [5.74, 6) is -0.840. The molecule has 0 aromatic rings. The number of ether oxygens (including phenoxy) is 1. The number of hydrogen-bond acceptors (Lipinski definition) is 2. The molecule has 12 heavy (non-hydrogen) atoms. The van der Waals surface area contributed by atoms with Crippen LogP contribution in [0.3, 0.4) is 0 Å². The molecule has 0 bridgehead atoms. The minimum Gasteiger partial charge on any atom is -0.487 e. The Bertz CT molecular complexity index is 228. The summed E-state index contributed by atoms with van der Waals surface area (Å²) in [5.41, 5.74) is 0.851. The van der Waals surface area contributed by atoms with Gasteiger partial charge in [-0.05, 0) is 24.8 Å². The summed E-state index contributed by atoms with van der Waals surface area (Å²) in [6.07, 6.45) is 4.03. The Morgan fingerprint density at radius 3 is 3.08 bits per heavy atom. The molecule has 1 rings (SSSR count). The van der Waals surface area contributed by atoms with Gasteiger partial charge in [0.15, 0.2) is 0 Å². The number of hydrogen-bond donors (Lipinski definition) is 1. The van der Waals surface area contributed by atoms with E-state index in [4.69, 9.17) is 9.84 Å². The molecule has 0 unspecified atom stereocenters. The maximum Gasteiger partial charge on any atom is 0.371 e. The van der Waals surface area contributed by atoms with Crippen LogP contribution in [-0.2, 0) is 9.53 Å². The summed E-state index contributed by atoms with van der Waals surface area (Å²) >= 11 is 0. The SMILES string of the molecule is C=CCC1=C(C(=O)O)OCCC1. The van der Waals surface area contributed by atoms with E-state index in [2.05, 4.69) is 6.58 Å². The number of rotatable bonds is 3. The number of carbonyl (C=O) groups is 1. The standard InChI is InChI=1S/C9H12O3/c1-2-4-7-5-3-6-12-8(7)9(10)11/h2H,1,3-6H2,(H,10,11). The van der Waals surface area contributed by atoms with Gasteiger partial charge in [0.1, 0.15) is 0 Å². The van der Waals surface area contributed by atoms with Crippen LogP contribution in [0.4, 0.5) is 0 Å². The van der Waals surface area contributed by atoms with Gasteiger partial charge in [0.25, 0.3) is 0 Å². The van der Waals surface area contributed by atoms with Crippen LogP contribution in [0.15, 0.2) is 24.0 Å². The first-order valence-electron chi connectivity index (χ1n) is 3.94. The Balaban J connectivity index is 2.82. The van der Waals surface area contributed by atoms with Crippen LogP contribution in [0.1, 0.15) is 19.3 Å². The summed E-state index contributed by atoms with van der Waals surface area (Å²) in [4.78, 5) is 10.6. The maximum absolute atomic E-state index is 10.6. The second-order valence-corrected chi connectivity index (χ2v) is 2.68.